The summed E-state index contributed by atoms with van der Waals surface area (Å²) in [5, 5.41) is 0. The largest absolute Gasteiger partial charge is 0.325 e. The van der Waals surface area contributed by atoms with Gasteiger partial charge in [0.05, 0.1) is 0 Å². The van der Waals surface area contributed by atoms with Crippen molar-refractivity contribution >= 4 is 24.0 Å². The van der Waals surface area contributed by atoms with E-state index in [1.165, 1.54) is 32.1 Å². The molecule has 2 heteroatoms. The maximum absolute atomic E-state index is 6.06. The van der Waals surface area contributed by atoms with Gasteiger partial charge in [-0.05, 0) is 19.3 Å². The van der Waals surface area contributed by atoms with Gasteiger partial charge in [-0.25, -0.2) is 0 Å². The molecule has 0 aromatic rings. The molecule has 1 aliphatic rings. The Kier molecular flexibility index (Phi) is 4.86. The highest BCUT2D eigenvalue weighted by Gasteiger charge is 2.24. The third-order valence-electron chi connectivity index (χ3n) is 2.55. The van der Waals surface area contributed by atoms with Crippen molar-refractivity contribution in [1.82, 2.24) is 0 Å². The van der Waals surface area contributed by atoms with Crippen LogP contribution in [0.3, 0.4) is 0 Å². The lowest BCUT2D eigenvalue weighted by Gasteiger charge is -2.32. The Balaban J connectivity index is 0.000000810. The molecule has 1 aliphatic carbocycles. The van der Waals surface area contributed by atoms with Crippen LogP contribution in [0.1, 0.15) is 45.4 Å². The molecule has 0 unspecified atom stereocenters. The number of hydrogen-bond acceptors (Lipinski definition) is 1. The normalized spacial score (nSPS) is 23.4. The van der Waals surface area contributed by atoms with Crippen molar-refractivity contribution in [3.63, 3.8) is 0 Å². The fourth-order valence-electron chi connectivity index (χ4n) is 1.61. The van der Waals surface area contributed by atoms with Crippen LogP contribution in [0.25, 0.3) is 0 Å². The second kappa shape index (κ2) is 4.54. The Bertz CT molecular complexity index is 87.3. The second-order valence-electron chi connectivity index (χ2n) is 3.28. The average Bonchev–Trinajstić information content (AvgIpc) is 1.90. The van der Waals surface area contributed by atoms with Crippen LogP contribution in [0, 0.1) is 0 Å². The van der Waals surface area contributed by atoms with Crippen LogP contribution in [0.5, 0.6) is 0 Å². The van der Waals surface area contributed by atoms with Gasteiger partial charge in [0, 0.05) is 5.54 Å². The molecular formula is C8H18IN. The summed E-state index contributed by atoms with van der Waals surface area (Å²) in [5.74, 6) is 0. The van der Waals surface area contributed by atoms with E-state index in [0.29, 0.717) is 0 Å². The van der Waals surface area contributed by atoms with E-state index in [0.717, 1.165) is 6.42 Å². The van der Waals surface area contributed by atoms with Gasteiger partial charge in [-0.3, -0.25) is 0 Å². The zero-order chi connectivity index (χ0) is 6.74. The van der Waals surface area contributed by atoms with Gasteiger partial charge < -0.3 is 5.73 Å². The van der Waals surface area contributed by atoms with E-state index in [9.17, 15) is 0 Å². The number of rotatable bonds is 1. The van der Waals surface area contributed by atoms with Gasteiger partial charge in [0.2, 0.25) is 0 Å². The van der Waals surface area contributed by atoms with Crippen molar-refractivity contribution in [3.8, 4) is 0 Å². The second-order valence-corrected chi connectivity index (χ2v) is 3.28. The third kappa shape index (κ3) is 2.74. The first-order valence-corrected chi connectivity index (χ1v) is 4.06. The quantitative estimate of drug-likeness (QED) is 0.716. The topological polar surface area (TPSA) is 26.0 Å². The number of halogens is 1. The van der Waals surface area contributed by atoms with Gasteiger partial charge in [-0.2, -0.15) is 0 Å². The summed E-state index contributed by atoms with van der Waals surface area (Å²) in [7, 11) is 0. The zero-order valence-corrected chi connectivity index (χ0v) is 9.06. The Hall–Kier alpha value is 0.690. The molecule has 0 heterocycles. The maximum Gasteiger partial charge on any atom is 0.0151 e. The molecule has 2 N–H and O–H groups in total. The minimum Gasteiger partial charge on any atom is -0.325 e. The van der Waals surface area contributed by atoms with Gasteiger partial charge in [-0.15, -0.1) is 24.0 Å². The third-order valence-corrected chi connectivity index (χ3v) is 2.55. The van der Waals surface area contributed by atoms with Crippen LogP contribution in [-0.2, 0) is 0 Å². The van der Waals surface area contributed by atoms with Crippen molar-refractivity contribution in [3.05, 3.63) is 0 Å². The summed E-state index contributed by atoms with van der Waals surface area (Å²) in [6.45, 7) is 2.20. The van der Waals surface area contributed by atoms with E-state index in [1.54, 1.807) is 0 Å². The van der Waals surface area contributed by atoms with E-state index < -0.39 is 0 Å². The van der Waals surface area contributed by atoms with Gasteiger partial charge in [0.25, 0.3) is 0 Å². The van der Waals surface area contributed by atoms with Crippen molar-refractivity contribution in [2.75, 3.05) is 0 Å². The van der Waals surface area contributed by atoms with Gasteiger partial charge >= 0.3 is 0 Å². The molecule has 1 nitrogen and oxygen atoms in total. The average molecular weight is 255 g/mol. The monoisotopic (exact) mass is 255 g/mol. The van der Waals surface area contributed by atoms with Gasteiger partial charge in [0.1, 0.15) is 0 Å². The van der Waals surface area contributed by atoms with Crippen molar-refractivity contribution in [2.24, 2.45) is 5.73 Å². The highest BCUT2D eigenvalue weighted by Crippen LogP contribution is 2.27. The molecule has 1 rings (SSSR count). The van der Waals surface area contributed by atoms with Crippen molar-refractivity contribution in [2.45, 2.75) is 51.0 Å². The fourth-order valence-corrected chi connectivity index (χ4v) is 1.61. The smallest absolute Gasteiger partial charge is 0.0151 e. The first kappa shape index (κ1) is 10.7. The Morgan fingerprint density at radius 3 is 2.00 bits per heavy atom. The minimum atomic E-state index is 0. The Morgan fingerprint density at radius 2 is 1.70 bits per heavy atom. The highest BCUT2D eigenvalue weighted by atomic mass is 127. The molecule has 0 atom stereocenters. The van der Waals surface area contributed by atoms with Crippen LogP contribution in [-0.4, -0.2) is 5.54 Å². The lowest BCUT2D eigenvalue weighted by atomic mass is 9.81. The summed E-state index contributed by atoms with van der Waals surface area (Å²) in [4.78, 5) is 0. The van der Waals surface area contributed by atoms with E-state index >= 15 is 0 Å². The van der Waals surface area contributed by atoms with Crippen LogP contribution >= 0.6 is 24.0 Å². The van der Waals surface area contributed by atoms with Crippen LogP contribution in [0.2, 0.25) is 0 Å². The molecule has 0 spiro atoms. The van der Waals surface area contributed by atoms with E-state index in [2.05, 4.69) is 6.92 Å². The molecule has 0 saturated heterocycles. The predicted octanol–water partition coefficient (Wildman–Crippen LogP) is 2.68. The van der Waals surface area contributed by atoms with E-state index in [4.69, 9.17) is 5.73 Å². The first-order chi connectivity index (χ1) is 4.27. The summed E-state index contributed by atoms with van der Waals surface area (Å²) in [6.07, 6.45) is 7.77. The van der Waals surface area contributed by atoms with Gasteiger partial charge in [-0.1, -0.05) is 26.2 Å². The standard InChI is InChI=1S/C8H17N.HI/c1-2-8(9)6-4-3-5-7-8;/h2-7,9H2,1H3;1H. The molecule has 0 aliphatic heterocycles. The molecule has 1 saturated carbocycles. The Morgan fingerprint density at radius 1 is 1.20 bits per heavy atom. The van der Waals surface area contributed by atoms with Crippen LogP contribution in [0.4, 0.5) is 0 Å². The molecular weight excluding hydrogens is 237 g/mol. The zero-order valence-electron chi connectivity index (χ0n) is 6.73. The van der Waals surface area contributed by atoms with Crippen LogP contribution in [0.15, 0.2) is 0 Å². The van der Waals surface area contributed by atoms with Crippen LogP contribution < -0.4 is 5.73 Å². The Labute approximate surface area is 80.8 Å². The molecule has 1 fully saturated rings. The summed E-state index contributed by atoms with van der Waals surface area (Å²) in [5.41, 5.74) is 6.28. The minimum absolute atomic E-state index is 0. The molecule has 0 radical (unpaired) electrons. The first-order valence-electron chi connectivity index (χ1n) is 4.06. The van der Waals surface area contributed by atoms with Gasteiger partial charge in [0.15, 0.2) is 0 Å². The summed E-state index contributed by atoms with van der Waals surface area (Å²) >= 11 is 0. The summed E-state index contributed by atoms with van der Waals surface area (Å²) in [6, 6.07) is 0. The highest BCUT2D eigenvalue weighted by molar-refractivity contribution is 14.0. The van der Waals surface area contributed by atoms with E-state index in [-0.39, 0.29) is 29.5 Å². The number of nitrogens with two attached hydrogens (primary N) is 1. The molecule has 0 aromatic heterocycles. The van der Waals surface area contributed by atoms with E-state index in [1.807, 2.05) is 0 Å². The molecule has 62 valence electrons. The van der Waals surface area contributed by atoms with Crippen molar-refractivity contribution in [1.29, 1.82) is 0 Å². The summed E-state index contributed by atoms with van der Waals surface area (Å²) < 4.78 is 0. The maximum atomic E-state index is 6.06. The number of hydrogen-bond donors (Lipinski definition) is 1. The lowest BCUT2D eigenvalue weighted by Crippen LogP contribution is -2.40. The SMILES string of the molecule is CCC1(N)CCCCC1.I. The fraction of sp³-hybridized carbons (Fsp3) is 1.00. The molecule has 0 bridgehead atoms. The molecule has 0 aromatic carbocycles. The van der Waals surface area contributed by atoms with Crippen molar-refractivity contribution < 1.29 is 0 Å². The lowest BCUT2D eigenvalue weighted by molar-refractivity contribution is 0.287. The predicted molar refractivity (Wildman–Crippen MR) is 55.7 cm³/mol. The molecule has 10 heavy (non-hydrogen) atoms. The molecule has 0 amide bonds.